The Balaban J connectivity index is 1.57. The van der Waals surface area contributed by atoms with Crippen LogP contribution in [0.5, 0.6) is 0 Å². The third-order valence-electron chi connectivity index (χ3n) is 8.70. The third kappa shape index (κ3) is 1.52. The first kappa shape index (κ1) is 16.1. The smallest absolute Gasteiger partial charge is 0.229 e. The molecule has 5 heterocycles. The summed E-state index contributed by atoms with van der Waals surface area (Å²) in [5.74, 6) is 1.05. The lowest BCUT2D eigenvalue weighted by atomic mass is 9.51. The zero-order valence-corrected chi connectivity index (χ0v) is 16.3. The normalized spacial score (nSPS) is 45.0. The van der Waals surface area contributed by atoms with Crippen molar-refractivity contribution in [1.29, 1.82) is 0 Å². The quantitative estimate of drug-likeness (QED) is 0.742. The highest BCUT2D eigenvalue weighted by Crippen LogP contribution is 2.70. The second-order valence-corrected chi connectivity index (χ2v) is 9.33. The van der Waals surface area contributed by atoms with Crippen LogP contribution in [0.1, 0.15) is 31.7 Å². The first-order chi connectivity index (χ1) is 13.7. The van der Waals surface area contributed by atoms with Gasteiger partial charge in [-0.25, -0.2) is 0 Å². The molecule has 6 aliphatic rings. The van der Waals surface area contributed by atoms with Gasteiger partial charge in [0.1, 0.15) is 5.72 Å². The summed E-state index contributed by atoms with van der Waals surface area (Å²) in [6.07, 6.45) is 4.94. The Kier molecular flexibility index (Phi) is 2.92. The first-order valence-corrected chi connectivity index (χ1v) is 10.8. The van der Waals surface area contributed by atoms with E-state index in [1.54, 1.807) is 0 Å². The molecule has 0 unspecified atom stereocenters. The van der Waals surface area contributed by atoms with Crippen LogP contribution in [0, 0.1) is 11.8 Å². The molecule has 0 aromatic heterocycles. The number of fused-ring (bicyclic) bond motifs is 2. The number of benzene rings is 1. The summed E-state index contributed by atoms with van der Waals surface area (Å²) in [6, 6.07) is 8.78. The molecule has 4 fully saturated rings. The van der Waals surface area contributed by atoms with Gasteiger partial charge >= 0.3 is 0 Å². The van der Waals surface area contributed by atoms with Gasteiger partial charge in [0.15, 0.2) is 0 Å². The largest absolute Gasteiger partial charge is 0.373 e. The van der Waals surface area contributed by atoms with Crippen molar-refractivity contribution in [2.75, 3.05) is 31.2 Å². The van der Waals surface area contributed by atoms with Gasteiger partial charge in [-0.3, -0.25) is 9.69 Å². The first-order valence-electron chi connectivity index (χ1n) is 10.8. The molecule has 1 aromatic rings. The van der Waals surface area contributed by atoms with E-state index in [0.29, 0.717) is 31.5 Å². The number of ether oxygens (including phenoxy) is 2. The zero-order chi connectivity index (χ0) is 18.7. The summed E-state index contributed by atoms with van der Waals surface area (Å²) in [5.41, 5.74) is 3.53. The summed E-state index contributed by atoms with van der Waals surface area (Å²) in [5, 5.41) is 0. The lowest BCUT2D eigenvalue weighted by Crippen LogP contribution is -2.75. The molecule has 6 atom stereocenters. The number of anilines is 1. The van der Waals surface area contributed by atoms with Crippen LogP contribution >= 0.6 is 0 Å². The minimum Gasteiger partial charge on any atom is -0.373 e. The van der Waals surface area contributed by atoms with E-state index >= 15 is 0 Å². The molecule has 0 N–H and O–H groups in total. The number of hydrogen-bond donors (Lipinski definition) is 0. The number of hydrogen-bond acceptors (Lipinski definition) is 4. The fraction of sp³-hybridized carbons (Fsp3) is 0.609. The molecule has 1 aliphatic carbocycles. The number of amides is 1. The van der Waals surface area contributed by atoms with E-state index in [2.05, 4.69) is 47.1 Å². The Bertz CT molecular complexity index is 928. The highest BCUT2D eigenvalue weighted by molar-refractivity contribution is 5.99. The van der Waals surface area contributed by atoms with E-state index < -0.39 is 0 Å². The van der Waals surface area contributed by atoms with Crippen molar-refractivity contribution in [3.8, 4) is 0 Å². The number of piperidine rings is 2. The van der Waals surface area contributed by atoms with Crippen molar-refractivity contribution in [2.24, 2.45) is 11.8 Å². The van der Waals surface area contributed by atoms with Crippen LogP contribution in [0.15, 0.2) is 35.9 Å². The van der Waals surface area contributed by atoms with Crippen molar-refractivity contribution in [2.45, 2.75) is 49.5 Å². The molecule has 1 aromatic carbocycles. The van der Waals surface area contributed by atoms with Crippen molar-refractivity contribution in [3.05, 3.63) is 41.5 Å². The molecule has 1 amide bonds. The van der Waals surface area contributed by atoms with E-state index in [-0.39, 0.29) is 29.2 Å². The molecule has 0 radical (unpaired) electrons. The van der Waals surface area contributed by atoms with Gasteiger partial charge in [-0.15, -0.1) is 0 Å². The van der Waals surface area contributed by atoms with Crippen LogP contribution in [0.25, 0.3) is 0 Å². The average molecular weight is 378 g/mol. The highest BCUT2D eigenvalue weighted by atomic mass is 16.5. The van der Waals surface area contributed by atoms with Crippen molar-refractivity contribution in [3.63, 3.8) is 0 Å². The minimum absolute atomic E-state index is 0.0328. The molecular formula is C23H26N2O3. The molecule has 3 saturated heterocycles. The molecule has 5 heteroatoms. The predicted octanol–water partition coefficient (Wildman–Crippen LogP) is 2.46. The summed E-state index contributed by atoms with van der Waals surface area (Å²) < 4.78 is 13.1. The molecule has 7 rings (SSSR count). The minimum atomic E-state index is -0.303. The third-order valence-corrected chi connectivity index (χ3v) is 8.70. The van der Waals surface area contributed by atoms with Crippen LogP contribution in [0.4, 0.5) is 5.69 Å². The predicted molar refractivity (Wildman–Crippen MR) is 104 cm³/mol. The fourth-order valence-electron chi connectivity index (χ4n) is 8.01. The summed E-state index contributed by atoms with van der Waals surface area (Å²) in [7, 11) is 0. The summed E-state index contributed by atoms with van der Waals surface area (Å²) in [4.78, 5) is 18.2. The monoisotopic (exact) mass is 378 g/mol. The van der Waals surface area contributed by atoms with E-state index in [0.717, 1.165) is 31.6 Å². The number of rotatable bonds is 2. The van der Waals surface area contributed by atoms with Crippen molar-refractivity contribution < 1.29 is 14.3 Å². The number of para-hydroxylation sites is 1. The van der Waals surface area contributed by atoms with Gasteiger partial charge in [0.05, 0.1) is 30.6 Å². The van der Waals surface area contributed by atoms with Crippen LogP contribution < -0.4 is 4.90 Å². The SMILES string of the molecule is CCO[C@]12C[C@@H]3C4=CCO[C@H]5CC(=O)N6c7ccccc7[C@]1(CCN2C4)[C@@H]6[C@@H]53. The molecule has 2 bridgehead atoms. The lowest BCUT2D eigenvalue weighted by molar-refractivity contribution is -0.225. The van der Waals surface area contributed by atoms with E-state index in [4.69, 9.17) is 9.47 Å². The fourth-order valence-corrected chi connectivity index (χ4v) is 8.01. The molecule has 28 heavy (non-hydrogen) atoms. The van der Waals surface area contributed by atoms with Crippen LogP contribution in [0.2, 0.25) is 0 Å². The average Bonchev–Trinajstić information content (AvgIpc) is 3.13. The summed E-state index contributed by atoms with van der Waals surface area (Å²) >= 11 is 0. The second kappa shape index (κ2) is 5.07. The van der Waals surface area contributed by atoms with E-state index in [1.807, 2.05) is 0 Å². The number of carbonyl (C=O) groups excluding carboxylic acids is 1. The Labute approximate surface area is 165 Å². The molecule has 1 spiro atoms. The van der Waals surface area contributed by atoms with Gasteiger partial charge < -0.3 is 14.4 Å². The molecule has 1 saturated carbocycles. The van der Waals surface area contributed by atoms with E-state index in [1.165, 1.54) is 11.1 Å². The number of carbonyl (C=O) groups is 1. The second-order valence-electron chi connectivity index (χ2n) is 9.33. The highest BCUT2D eigenvalue weighted by Gasteiger charge is 2.77. The van der Waals surface area contributed by atoms with Gasteiger partial charge in [0, 0.05) is 31.3 Å². The van der Waals surface area contributed by atoms with E-state index in [9.17, 15) is 4.79 Å². The van der Waals surface area contributed by atoms with Crippen LogP contribution in [-0.4, -0.2) is 55.0 Å². The molecule has 5 aliphatic heterocycles. The van der Waals surface area contributed by atoms with Crippen molar-refractivity contribution >= 4 is 11.6 Å². The standard InChI is InChI=1S/C23H26N2O3/c1-2-28-23-12-15-14-7-10-27-18-11-19(26)25-17-6-4-3-5-16(17)22(23,21(25)20(15)18)8-9-24(23)13-14/h3-7,15,18,20-21H,2,8-13H2,1H3/t15-,18+,20-,21+,22-,23-/m1/s1. The maximum absolute atomic E-state index is 13.4. The van der Waals surface area contributed by atoms with Crippen LogP contribution in [0.3, 0.4) is 0 Å². The van der Waals surface area contributed by atoms with Crippen molar-refractivity contribution in [1.82, 2.24) is 4.90 Å². The van der Waals surface area contributed by atoms with Gasteiger partial charge in [-0.2, -0.15) is 0 Å². The zero-order valence-electron chi connectivity index (χ0n) is 16.3. The summed E-state index contributed by atoms with van der Waals surface area (Å²) in [6.45, 7) is 5.49. The molecule has 5 nitrogen and oxygen atoms in total. The number of nitrogens with zero attached hydrogens (tertiary/aromatic N) is 2. The van der Waals surface area contributed by atoms with Gasteiger partial charge in [-0.05, 0) is 37.3 Å². The Hall–Kier alpha value is -1.69. The maximum atomic E-state index is 13.4. The van der Waals surface area contributed by atoms with Gasteiger partial charge in [0.25, 0.3) is 0 Å². The Morgan fingerprint density at radius 3 is 3.11 bits per heavy atom. The maximum Gasteiger partial charge on any atom is 0.229 e. The molecule has 146 valence electrons. The molecular weight excluding hydrogens is 352 g/mol. The Morgan fingerprint density at radius 2 is 2.21 bits per heavy atom. The lowest BCUT2D eigenvalue weighted by Gasteiger charge is -2.63. The topological polar surface area (TPSA) is 42.0 Å². The van der Waals surface area contributed by atoms with Gasteiger partial charge in [0.2, 0.25) is 5.91 Å². The van der Waals surface area contributed by atoms with Crippen LogP contribution in [-0.2, 0) is 19.7 Å². The Morgan fingerprint density at radius 1 is 1.32 bits per heavy atom. The van der Waals surface area contributed by atoms with Gasteiger partial charge in [-0.1, -0.05) is 29.8 Å².